The Hall–Kier alpha value is -0.930. The monoisotopic (exact) mass is 294 g/mol. The zero-order valence-electron chi connectivity index (χ0n) is 14.5. The Morgan fingerprint density at radius 1 is 1.14 bits per heavy atom. The van der Waals surface area contributed by atoms with Crippen LogP contribution >= 0.6 is 0 Å². The van der Waals surface area contributed by atoms with E-state index in [4.69, 9.17) is 0 Å². The molecule has 2 atom stereocenters. The molecule has 0 saturated carbocycles. The summed E-state index contributed by atoms with van der Waals surface area (Å²) in [5.74, 6) is -0.147. The van der Waals surface area contributed by atoms with Gasteiger partial charge in [-0.05, 0) is 63.2 Å². The van der Waals surface area contributed by atoms with Crippen LogP contribution in [0.25, 0.3) is 0 Å². The molecule has 1 aromatic rings. The molecule has 0 aliphatic heterocycles. The van der Waals surface area contributed by atoms with Crippen LogP contribution in [0.5, 0.6) is 0 Å². The molecule has 0 aromatic heterocycles. The van der Waals surface area contributed by atoms with Crippen LogP contribution in [0, 0.1) is 12.7 Å². The number of nitrogens with zero attached hydrogens (tertiary/aromatic N) is 1. The lowest BCUT2D eigenvalue weighted by molar-refractivity contribution is 0.0703. The van der Waals surface area contributed by atoms with Gasteiger partial charge < -0.3 is 5.32 Å². The second kappa shape index (κ2) is 7.90. The summed E-state index contributed by atoms with van der Waals surface area (Å²) < 4.78 is 13.8. The van der Waals surface area contributed by atoms with Gasteiger partial charge in [-0.25, -0.2) is 4.39 Å². The van der Waals surface area contributed by atoms with Crippen molar-refractivity contribution in [3.63, 3.8) is 0 Å². The molecule has 0 aliphatic rings. The maximum Gasteiger partial charge on any atom is 0.123 e. The van der Waals surface area contributed by atoms with Crippen LogP contribution in [0.2, 0.25) is 0 Å². The molecular formula is C18H31FN2. The number of likely N-dealkylation sites (N-methyl/N-ethyl adjacent to an activating group) is 2. The molecule has 3 heteroatoms. The van der Waals surface area contributed by atoms with E-state index in [1.165, 1.54) is 0 Å². The van der Waals surface area contributed by atoms with E-state index in [2.05, 4.69) is 50.9 Å². The minimum Gasteiger partial charge on any atom is -0.309 e. The lowest BCUT2D eigenvalue weighted by Crippen LogP contribution is -2.54. The molecule has 1 aromatic carbocycles. The molecular weight excluding hydrogens is 263 g/mol. The van der Waals surface area contributed by atoms with Crippen LogP contribution < -0.4 is 5.32 Å². The second-order valence-electron chi connectivity index (χ2n) is 5.94. The Kier molecular flexibility index (Phi) is 6.82. The number of benzene rings is 1. The molecule has 0 saturated heterocycles. The van der Waals surface area contributed by atoms with E-state index in [-0.39, 0.29) is 17.4 Å². The summed E-state index contributed by atoms with van der Waals surface area (Å²) in [6, 6.07) is 5.50. The van der Waals surface area contributed by atoms with Crippen LogP contribution in [0.3, 0.4) is 0 Å². The highest BCUT2D eigenvalue weighted by atomic mass is 19.1. The van der Waals surface area contributed by atoms with Gasteiger partial charge in [-0.2, -0.15) is 0 Å². The number of aryl methyl sites for hydroxylation is 1. The van der Waals surface area contributed by atoms with Crippen molar-refractivity contribution >= 4 is 0 Å². The fourth-order valence-electron chi connectivity index (χ4n) is 3.39. The molecule has 21 heavy (non-hydrogen) atoms. The molecule has 0 spiro atoms. The molecule has 0 aliphatic carbocycles. The third kappa shape index (κ3) is 4.04. The average Bonchev–Trinajstić information content (AvgIpc) is 2.44. The summed E-state index contributed by atoms with van der Waals surface area (Å²) in [6.07, 6.45) is 1.02. The SMILES string of the molecule is CCNC(c1cc(C)cc(F)c1)C(C)(CC)N(CC)CC. The van der Waals surface area contributed by atoms with Crippen molar-refractivity contribution in [2.24, 2.45) is 0 Å². The quantitative estimate of drug-likeness (QED) is 0.769. The summed E-state index contributed by atoms with van der Waals surface area (Å²) in [6.45, 7) is 15.8. The van der Waals surface area contributed by atoms with E-state index in [0.29, 0.717) is 0 Å². The third-order valence-corrected chi connectivity index (χ3v) is 4.63. The highest BCUT2D eigenvalue weighted by molar-refractivity contribution is 5.29. The highest BCUT2D eigenvalue weighted by Crippen LogP contribution is 2.34. The van der Waals surface area contributed by atoms with Crippen LogP contribution in [-0.4, -0.2) is 30.1 Å². The molecule has 0 fully saturated rings. The second-order valence-corrected chi connectivity index (χ2v) is 5.94. The van der Waals surface area contributed by atoms with Gasteiger partial charge in [0.15, 0.2) is 0 Å². The Bertz CT molecular complexity index is 423. The molecule has 1 rings (SSSR count). The first kappa shape index (κ1) is 18.1. The van der Waals surface area contributed by atoms with E-state index in [9.17, 15) is 4.39 Å². The summed E-state index contributed by atoms with van der Waals surface area (Å²) in [5.41, 5.74) is 2.00. The summed E-state index contributed by atoms with van der Waals surface area (Å²) in [5, 5.41) is 3.59. The zero-order valence-corrected chi connectivity index (χ0v) is 14.5. The molecule has 120 valence electrons. The molecule has 1 N–H and O–H groups in total. The number of halogens is 1. The fourth-order valence-corrected chi connectivity index (χ4v) is 3.39. The maximum atomic E-state index is 13.8. The van der Waals surface area contributed by atoms with Gasteiger partial charge in [0.25, 0.3) is 0 Å². The molecule has 0 amide bonds. The standard InChI is InChI=1S/C18H31FN2/c1-7-18(6,21(9-3)10-4)17(20-8-2)15-11-14(5)12-16(19)13-15/h11-13,17,20H,7-10H2,1-6H3. The van der Waals surface area contributed by atoms with Crippen LogP contribution in [0.15, 0.2) is 18.2 Å². The Morgan fingerprint density at radius 3 is 2.19 bits per heavy atom. The minimum atomic E-state index is -0.147. The van der Waals surface area contributed by atoms with E-state index >= 15 is 0 Å². The van der Waals surface area contributed by atoms with Crippen LogP contribution in [0.1, 0.15) is 58.2 Å². The van der Waals surface area contributed by atoms with E-state index in [1.807, 2.05) is 6.92 Å². The summed E-state index contributed by atoms with van der Waals surface area (Å²) in [7, 11) is 0. The first-order valence-electron chi connectivity index (χ1n) is 8.18. The first-order valence-corrected chi connectivity index (χ1v) is 8.18. The lowest BCUT2D eigenvalue weighted by atomic mass is 9.82. The molecule has 2 unspecified atom stereocenters. The molecule has 0 heterocycles. The van der Waals surface area contributed by atoms with Crippen molar-refractivity contribution in [2.45, 2.75) is 59.5 Å². The van der Waals surface area contributed by atoms with Crippen LogP contribution in [-0.2, 0) is 0 Å². The highest BCUT2D eigenvalue weighted by Gasteiger charge is 2.37. The van der Waals surface area contributed by atoms with Crippen LogP contribution in [0.4, 0.5) is 4.39 Å². The van der Waals surface area contributed by atoms with Gasteiger partial charge >= 0.3 is 0 Å². The fraction of sp³-hybridized carbons (Fsp3) is 0.667. The predicted octanol–water partition coefficient (Wildman–Crippen LogP) is 4.30. The van der Waals surface area contributed by atoms with Gasteiger partial charge in [0.1, 0.15) is 5.82 Å². The largest absolute Gasteiger partial charge is 0.309 e. The van der Waals surface area contributed by atoms with Gasteiger partial charge in [-0.15, -0.1) is 0 Å². The van der Waals surface area contributed by atoms with E-state index in [0.717, 1.165) is 37.2 Å². The average molecular weight is 294 g/mol. The van der Waals surface area contributed by atoms with Gasteiger partial charge in [0.2, 0.25) is 0 Å². The topological polar surface area (TPSA) is 15.3 Å². The maximum absolute atomic E-state index is 13.8. The van der Waals surface area contributed by atoms with Crippen molar-refractivity contribution in [3.8, 4) is 0 Å². The lowest BCUT2D eigenvalue weighted by Gasteiger charge is -2.46. The summed E-state index contributed by atoms with van der Waals surface area (Å²) >= 11 is 0. The van der Waals surface area contributed by atoms with Crippen molar-refractivity contribution in [3.05, 3.63) is 35.1 Å². The predicted molar refractivity (Wildman–Crippen MR) is 89.2 cm³/mol. The minimum absolute atomic E-state index is 0.0280. The van der Waals surface area contributed by atoms with Gasteiger partial charge in [0.05, 0.1) is 6.04 Å². The van der Waals surface area contributed by atoms with Crippen molar-refractivity contribution in [1.29, 1.82) is 0 Å². The number of hydrogen-bond donors (Lipinski definition) is 1. The van der Waals surface area contributed by atoms with Gasteiger partial charge in [-0.3, -0.25) is 4.90 Å². The van der Waals surface area contributed by atoms with Crippen molar-refractivity contribution < 1.29 is 4.39 Å². The molecule has 0 radical (unpaired) electrons. The third-order valence-electron chi connectivity index (χ3n) is 4.63. The normalized spacial score (nSPS) is 16.0. The van der Waals surface area contributed by atoms with Crippen molar-refractivity contribution in [2.75, 3.05) is 19.6 Å². The van der Waals surface area contributed by atoms with E-state index < -0.39 is 0 Å². The summed E-state index contributed by atoms with van der Waals surface area (Å²) in [4.78, 5) is 2.47. The Balaban J connectivity index is 3.30. The molecule has 2 nitrogen and oxygen atoms in total. The Labute approximate surface area is 129 Å². The molecule has 0 bridgehead atoms. The zero-order chi connectivity index (χ0) is 16.0. The number of rotatable bonds is 8. The smallest absolute Gasteiger partial charge is 0.123 e. The van der Waals surface area contributed by atoms with Gasteiger partial charge in [-0.1, -0.05) is 33.8 Å². The van der Waals surface area contributed by atoms with Gasteiger partial charge in [0, 0.05) is 5.54 Å². The Morgan fingerprint density at radius 2 is 1.76 bits per heavy atom. The van der Waals surface area contributed by atoms with E-state index in [1.54, 1.807) is 12.1 Å². The number of hydrogen-bond acceptors (Lipinski definition) is 2. The first-order chi connectivity index (χ1) is 9.92. The van der Waals surface area contributed by atoms with Crippen molar-refractivity contribution in [1.82, 2.24) is 10.2 Å². The number of nitrogens with one attached hydrogen (secondary N) is 1.